The molecule has 0 bridgehead atoms. The van der Waals surface area contributed by atoms with E-state index in [4.69, 9.17) is 28.9 Å². The number of nitrogens with one attached hydrogen (secondary N) is 1. The summed E-state index contributed by atoms with van der Waals surface area (Å²) < 4.78 is 28.6. The van der Waals surface area contributed by atoms with E-state index in [0.29, 0.717) is 29.4 Å². The van der Waals surface area contributed by atoms with Crippen molar-refractivity contribution in [3.8, 4) is 0 Å². The molecule has 0 spiro atoms. The molecule has 3 aromatic rings. The fraction of sp³-hybridized carbons (Fsp3) is 0.250. The Bertz CT molecular complexity index is 1370. The number of sulfonamides is 1. The summed E-state index contributed by atoms with van der Waals surface area (Å²) in [5.41, 5.74) is 8.61. The summed E-state index contributed by atoms with van der Waals surface area (Å²) in [4.78, 5) is 17.4. The lowest BCUT2D eigenvalue weighted by atomic mass is 10.1. The molecule has 1 fully saturated rings. The molecule has 1 amide bonds. The first-order chi connectivity index (χ1) is 16.2. The molecule has 2 heterocycles. The number of nitrogens with zero attached hydrogens (tertiary/aromatic N) is 2. The molecule has 1 unspecified atom stereocenters. The number of rotatable bonds is 5. The van der Waals surface area contributed by atoms with Crippen molar-refractivity contribution in [2.75, 3.05) is 16.2 Å². The van der Waals surface area contributed by atoms with Crippen molar-refractivity contribution >= 4 is 50.5 Å². The molecule has 10 heteroatoms. The molecule has 0 radical (unpaired) electrons. The summed E-state index contributed by atoms with van der Waals surface area (Å²) >= 11 is 12.3. The number of aromatic nitrogens is 1. The Kier molecular flexibility index (Phi) is 6.02. The molecule has 1 aliphatic heterocycles. The standard InChI is InChI=1S/C24H22Cl2N4O3S/c25-19-5-2-6-20(26)23(19)24(31)29-17-11-22-21(28-12-17)10-16(27)13-30(22)34(32,33)18-4-1-3-15(9-18)14-7-8-14/h1-6,9,11-12,14,16H,7-8,10,13,27H2,(H,29,31). The number of hydrogen-bond donors (Lipinski definition) is 2. The smallest absolute Gasteiger partial charge is 0.264 e. The van der Waals surface area contributed by atoms with E-state index in [9.17, 15) is 13.2 Å². The van der Waals surface area contributed by atoms with Crippen LogP contribution in [0.3, 0.4) is 0 Å². The van der Waals surface area contributed by atoms with Gasteiger partial charge in [0.25, 0.3) is 15.9 Å². The minimum absolute atomic E-state index is 0.110. The Morgan fingerprint density at radius 2 is 1.79 bits per heavy atom. The summed E-state index contributed by atoms with van der Waals surface area (Å²) in [6.45, 7) is 0.110. The summed E-state index contributed by atoms with van der Waals surface area (Å²) in [6, 6.07) is 13.0. The molecule has 176 valence electrons. The number of halogens is 2. The van der Waals surface area contributed by atoms with Crippen LogP contribution in [0.5, 0.6) is 0 Å². The molecule has 1 aliphatic carbocycles. The number of fused-ring (bicyclic) bond motifs is 1. The molecule has 5 rings (SSSR count). The number of carbonyl (C=O) groups excluding carboxylic acids is 1. The van der Waals surface area contributed by atoms with Gasteiger partial charge in [0.05, 0.1) is 43.8 Å². The zero-order chi connectivity index (χ0) is 24.0. The van der Waals surface area contributed by atoms with E-state index >= 15 is 0 Å². The zero-order valence-corrected chi connectivity index (χ0v) is 20.4. The topological polar surface area (TPSA) is 105 Å². The third-order valence-electron chi connectivity index (χ3n) is 6.01. The lowest BCUT2D eigenvalue weighted by Gasteiger charge is -2.33. The van der Waals surface area contributed by atoms with Crippen LogP contribution < -0.4 is 15.4 Å². The molecule has 3 N–H and O–H groups in total. The third kappa shape index (κ3) is 4.38. The molecule has 2 aliphatic rings. The van der Waals surface area contributed by atoms with Crippen LogP contribution in [0.25, 0.3) is 0 Å². The predicted octanol–water partition coefficient (Wildman–Crippen LogP) is 4.60. The van der Waals surface area contributed by atoms with Gasteiger partial charge < -0.3 is 11.1 Å². The zero-order valence-electron chi connectivity index (χ0n) is 18.0. The maximum Gasteiger partial charge on any atom is 0.264 e. The summed E-state index contributed by atoms with van der Waals surface area (Å²) in [6.07, 6.45) is 4.04. The Hall–Kier alpha value is -2.65. The summed E-state index contributed by atoms with van der Waals surface area (Å²) in [7, 11) is -3.89. The number of pyridine rings is 1. The van der Waals surface area contributed by atoms with Gasteiger partial charge in [-0.2, -0.15) is 0 Å². The van der Waals surface area contributed by atoms with Gasteiger partial charge in [-0.05, 0) is 54.7 Å². The van der Waals surface area contributed by atoms with Gasteiger partial charge in [-0.1, -0.05) is 41.4 Å². The van der Waals surface area contributed by atoms with Crippen LogP contribution in [-0.2, 0) is 16.4 Å². The van der Waals surface area contributed by atoms with Crippen molar-refractivity contribution in [3.63, 3.8) is 0 Å². The highest BCUT2D eigenvalue weighted by atomic mass is 35.5. The minimum atomic E-state index is -3.89. The van der Waals surface area contributed by atoms with E-state index in [-0.39, 0.29) is 27.0 Å². The molecular weight excluding hydrogens is 495 g/mol. The van der Waals surface area contributed by atoms with Crippen LogP contribution in [0.2, 0.25) is 10.0 Å². The molecule has 34 heavy (non-hydrogen) atoms. The van der Waals surface area contributed by atoms with Gasteiger partial charge in [0.1, 0.15) is 0 Å². The number of hydrogen-bond acceptors (Lipinski definition) is 5. The average Bonchev–Trinajstić information content (AvgIpc) is 3.64. The third-order valence-corrected chi connectivity index (χ3v) is 8.42. The Labute approximate surface area is 207 Å². The van der Waals surface area contributed by atoms with Crippen molar-refractivity contribution in [3.05, 3.63) is 81.6 Å². The van der Waals surface area contributed by atoms with Crippen LogP contribution in [0.15, 0.2) is 59.6 Å². The SMILES string of the molecule is NC1Cc2ncc(NC(=O)c3c(Cl)cccc3Cl)cc2N(S(=O)(=O)c2cccc(C3CC3)c2)C1. The second-order valence-corrected chi connectivity index (χ2v) is 11.3. The number of amides is 1. The van der Waals surface area contributed by atoms with Crippen molar-refractivity contribution in [1.29, 1.82) is 0 Å². The van der Waals surface area contributed by atoms with E-state index in [1.165, 1.54) is 10.5 Å². The largest absolute Gasteiger partial charge is 0.326 e. The van der Waals surface area contributed by atoms with E-state index in [1.54, 1.807) is 42.5 Å². The van der Waals surface area contributed by atoms with Crippen LogP contribution in [0, 0.1) is 0 Å². The highest BCUT2D eigenvalue weighted by Gasteiger charge is 2.34. The number of benzene rings is 2. The van der Waals surface area contributed by atoms with Crippen LogP contribution in [0.4, 0.5) is 11.4 Å². The van der Waals surface area contributed by atoms with Crippen molar-refractivity contribution < 1.29 is 13.2 Å². The lowest BCUT2D eigenvalue weighted by Crippen LogP contribution is -2.46. The van der Waals surface area contributed by atoms with Gasteiger partial charge in [0.15, 0.2) is 0 Å². The quantitative estimate of drug-likeness (QED) is 0.515. The van der Waals surface area contributed by atoms with Crippen LogP contribution >= 0.6 is 23.2 Å². The van der Waals surface area contributed by atoms with Crippen LogP contribution in [-0.4, -0.2) is 31.9 Å². The van der Waals surface area contributed by atoms with E-state index in [1.807, 2.05) is 6.07 Å². The van der Waals surface area contributed by atoms with Crippen molar-refractivity contribution in [2.24, 2.45) is 5.73 Å². The van der Waals surface area contributed by atoms with Gasteiger partial charge >= 0.3 is 0 Å². The molecule has 7 nitrogen and oxygen atoms in total. The number of carbonyl (C=O) groups is 1. The first-order valence-electron chi connectivity index (χ1n) is 10.9. The Morgan fingerprint density at radius 3 is 2.50 bits per heavy atom. The van der Waals surface area contributed by atoms with Gasteiger partial charge in [0.2, 0.25) is 0 Å². The van der Waals surface area contributed by atoms with Gasteiger partial charge in [-0.15, -0.1) is 0 Å². The van der Waals surface area contributed by atoms with Crippen molar-refractivity contribution in [1.82, 2.24) is 4.98 Å². The first-order valence-corrected chi connectivity index (χ1v) is 13.1. The van der Waals surface area contributed by atoms with E-state index < -0.39 is 22.0 Å². The second-order valence-electron chi connectivity index (χ2n) is 8.59. The summed E-state index contributed by atoms with van der Waals surface area (Å²) in [5.74, 6) is -0.0948. The lowest BCUT2D eigenvalue weighted by molar-refractivity contribution is 0.102. The van der Waals surface area contributed by atoms with Crippen molar-refractivity contribution in [2.45, 2.75) is 36.1 Å². The maximum atomic E-state index is 13.7. The van der Waals surface area contributed by atoms with Gasteiger partial charge in [-0.25, -0.2) is 8.42 Å². The van der Waals surface area contributed by atoms with Gasteiger partial charge in [-0.3, -0.25) is 14.1 Å². The maximum absolute atomic E-state index is 13.7. The molecule has 2 aromatic carbocycles. The highest BCUT2D eigenvalue weighted by Crippen LogP contribution is 2.41. The molecular formula is C24H22Cl2N4O3S. The minimum Gasteiger partial charge on any atom is -0.326 e. The predicted molar refractivity (Wildman–Crippen MR) is 133 cm³/mol. The monoisotopic (exact) mass is 516 g/mol. The molecule has 0 saturated heterocycles. The summed E-state index contributed by atoms with van der Waals surface area (Å²) in [5, 5.41) is 3.14. The Morgan fingerprint density at radius 1 is 1.09 bits per heavy atom. The van der Waals surface area contributed by atoms with Gasteiger partial charge in [0, 0.05) is 19.0 Å². The van der Waals surface area contributed by atoms with Crippen LogP contribution in [0.1, 0.15) is 40.4 Å². The molecule has 1 saturated carbocycles. The normalized spacial score (nSPS) is 17.9. The fourth-order valence-electron chi connectivity index (χ4n) is 4.16. The second kappa shape index (κ2) is 8.85. The van der Waals surface area contributed by atoms with E-state index in [2.05, 4.69) is 10.3 Å². The van der Waals surface area contributed by atoms with E-state index in [0.717, 1.165) is 18.4 Å². The molecule has 1 atom stereocenters. The number of anilines is 2. The molecule has 1 aromatic heterocycles. The Balaban J connectivity index is 1.50. The fourth-order valence-corrected chi connectivity index (χ4v) is 6.32. The first kappa shape index (κ1) is 23.1. The number of nitrogens with two attached hydrogens (primary N) is 1. The average molecular weight is 517 g/mol. The highest BCUT2D eigenvalue weighted by molar-refractivity contribution is 7.92.